The number of aliphatic hydroxyl groups is 1. The smallest absolute Gasteiger partial charge is 0.353 e. The molecule has 0 saturated carbocycles. The summed E-state index contributed by atoms with van der Waals surface area (Å²) in [5, 5.41) is 30.2. The third kappa shape index (κ3) is 3.28. The molecule has 0 amide bonds. The highest BCUT2D eigenvalue weighted by atomic mass is 79.9. The van der Waals surface area contributed by atoms with Gasteiger partial charge in [0.25, 0.3) is 0 Å². The Morgan fingerprint density at radius 2 is 2.12 bits per heavy atom. The van der Waals surface area contributed by atoms with Crippen LogP contribution in [-0.4, -0.2) is 53.8 Å². The van der Waals surface area contributed by atoms with Gasteiger partial charge in [0.15, 0.2) is 5.78 Å². The summed E-state index contributed by atoms with van der Waals surface area (Å²) in [6, 6.07) is 6.70. The zero-order valence-corrected chi connectivity index (χ0v) is 15.2. The van der Waals surface area contributed by atoms with Gasteiger partial charge in [-0.15, -0.1) is 10.2 Å². The molecule has 9 nitrogen and oxygen atoms in total. The number of nitrogens with zero attached hydrogens (tertiary/aromatic N) is 4. The van der Waals surface area contributed by atoms with Crippen LogP contribution >= 0.6 is 15.9 Å². The monoisotopic (exact) mass is 419 g/mol. The van der Waals surface area contributed by atoms with Gasteiger partial charge in [-0.1, -0.05) is 28.1 Å². The SMILES string of the molecule is Cc1c(-c2nnn(CCO)n2)[nH]c(C(=O)O)c1C(=O)c1cccc(Br)c1. The van der Waals surface area contributed by atoms with Gasteiger partial charge in [-0.05, 0) is 29.8 Å². The van der Waals surface area contributed by atoms with Crippen molar-refractivity contribution in [3.8, 4) is 11.5 Å². The van der Waals surface area contributed by atoms with E-state index in [9.17, 15) is 14.7 Å². The first kappa shape index (κ1) is 18.0. The number of carboxylic acids is 1. The summed E-state index contributed by atoms with van der Waals surface area (Å²) in [7, 11) is 0. The molecule has 134 valence electrons. The molecule has 3 N–H and O–H groups in total. The molecule has 0 atom stereocenters. The van der Waals surface area contributed by atoms with Crippen molar-refractivity contribution in [3.63, 3.8) is 0 Å². The Hall–Kier alpha value is -2.85. The van der Waals surface area contributed by atoms with Crippen LogP contribution < -0.4 is 0 Å². The number of halogens is 1. The van der Waals surface area contributed by atoms with Crippen molar-refractivity contribution in [2.75, 3.05) is 6.61 Å². The number of aromatic amines is 1. The molecule has 0 spiro atoms. The number of hydrogen-bond donors (Lipinski definition) is 3. The van der Waals surface area contributed by atoms with E-state index < -0.39 is 11.8 Å². The van der Waals surface area contributed by atoms with Crippen molar-refractivity contribution in [2.24, 2.45) is 0 Å². The maximum absolute atomic E-state index is 12.9. The first-order valence-corrected chi connectivity index (χ1v) is 8.36. The second kappa shape index (κ2) is 7.18. The van der Waals surface area contributed by atoms with E-state index in [1.807, 2.05) is 0 Å². The van der Waals surface area contributed by atoms with E-state index in [2.05, 4.69) is 36.3 Å². The molecule has 0 unspecified atom stereocenters. The highest BCUT2D eigenvalue weighted by molar-refractivity contribution is 9.10. The lowest BCUT2D eigenvalue weighted by molar-refractivity contribution is 0.0687. The first-order valence-electron chi connectivity index (χ1n) is 7.57. The predicted octanol–water partition coefficient (Wildman–Crippen LogP) is 1.66. The van der Waals surface area contributed by atoms with Gasteiger partial charge in [0.1, 0.15) is 5.69 Å². The number of benzene rings is 1. The van der Waals surface area contributed by atoms with Crippen LogP contribution in [0.1, 0.15) is 32.0 Å². The molecule has 3 aromatic rings. The summed E-state index contributed by atoms with van der Waals surface area (Å²) in [5.41, 5.74) is 0.873. The fraction of sp³-hybridized carbons (Fsp3) is 0.188. The highest BCUT2D eigenvalue weighted by Gasteiger charge is 2.27. The van der Waals surface area contributed by atoms with Crippen LogP contribution in [0.25, 0.3) is 11.5 Å². The number of aliphatic hydroxyl groups excluding tert-OH is 1. The molecule has 0 fully saturated rings. The van der Waals surface area contributed by atoms with Gasteiger partial charge >= 0.3 is 5.97 Å². The normalized spacial score (nSPS) is 10.9. The molecule has 0 aliphatic rings. The molecule has 3 rings (SSSR count). The molecular weight excluding hydrogens is 406 g/mol. The number of rotatable bonds is 6. The van der Waals surface area contributed by atoms with Crippen LogP contribution in [0, 0.1) is 6.92 Å². The Kier molecular flexibility index (Phi) is 4.96. The average Bonchev–Trinajstić information content (AvgIpc) is 3.19. The van der Waals surface area contributed by atoms with Crippen LogP contribution in [0.2, 0.25) is 0 Å². The van der Waals surface area contributed by atoms with Gasteiger partial charge in [0.05, 0.1) is 24.4 Å². The average molecular weight is 420 g/mol. The Morgan fingerprint density at radius 3 is 2.77 bits per heavy atom. The van der Waals surface area contributed by atoms with Crippen LogP contribution in [-0.2, 0) is 6.54 Å². The second-order valence-corrected chi connectivity index (χ2v) is 6.37. The third-order valence-corrected chi connectivity index (χ3v) is 4.25. The van der Waals surface area contributed by atoms with Gasteiger partial charge in [0.2, 0.25) is 5.82 Å². The number of aromatic nitrogens is 5. The number of aromatic carboxylic acids is 1. The maximum Gasteiger partial charge on any atom is 0.353 e. The number of ketones is 1. The Balaban J connectivity index is 2.11. The third-order valence-electron chi connectivity index (χ3n) is 3.75. The van der Waals surface area contributed by atoms with E-state index >= 15 is 0 Å². The molecule has 0 aliphatic carbocycles. The Bertz CT molecular complexity index is 994. The van der Waals surface area contributed by atoms with Crippen molar-refractivity contribution in [1.82, 2.24) is 25.2 Å². The summed E-state index contributed by atoms with van der Waals surface area (Å²) in [6.07, 6.45) is 0. The van der Waals surface area contributed by atoms with Crippen molar-refractivity contribution in [2.45, 2.75) is 13.5 Å². The summed E-state index contributed by atoms with van der Waals surface area (Å²) in [6.45, 7) is 1.62. The molecule has 26 heavy (non-hydrogen) atoms. The number of H-pyrrole nitrogens is 1. The molecule has 0 aliphatic heterocycles. The van der Waals surface area contributed by atoms with E-state index in [0.29, 0.717) is 21.3 Å². The lowest BCUT2D eigenvalue weighted by Crippen LogP contribution is -2.09. The molecule has 2 heterocycles. The number of carboxylic acid groups (broad SMARTS) is 1. The molecule has 0 saturated heterocycles. The number of carbonyl (C=O) groups excluding carboxylic acids is 1. The van der Waals surface area contributed by atoms with Gasteiger partial charge in [-0.3, -0.25) is 4.79 Å². The minimum atomic E-state index is -1.26. The molecule has 2 aromatic heterocycles. The lowest BCUT2D eigenvalue weighted by Gasteiger charge is -2.03. The summed E-state index contributed by atoms with van der Waals surface area (Å²) in [4.78, 5) is 28.4. The topological polar surface area (TPSA) is 134 Å². The predicted molar refractivity (Wildman–Crippen MR) is 94.0 cm³/mol. The van der Waals surface area contributed by atoms with Crippen LogP contribution in [0.3, 0.4) is 0 Å². The summed E-state index contributed by atoms with van der Waals surface area (Å²) < 4.78 is 0.710. The van der Waals surface area contributed by atoms with Gasteiger partial charge in [-0.25, -0.2) is 4.79 Å². The van der Waals surface area contributed by atoms with Crippen molar-refractivity contribution < 1.29 is 19.8 Å². The number of nitrogens with one attached hydrogen (secondary N) is 1. The molecule has 10 heteroatoms. The summed E-state index contributed by atoms with van der Waals surface area (Å²) in [5.74, 6) is -1.54. The highest BCUT2D eigenvalue weighted by Crippen LogP contribution is 2.28. The molecule has 0 radical (unpaired) electrons. The maximum atomic E-state index is 12.9. The number of tetrazole rings is 1. The molecule has 1 aromatic carbocycles. The summed E-state index contributed by atoms with van der Waals surface area (Å²) >= 11 is 3.30. The van der Waals surface area contributed by atoms with Crippen molar-refractivity contribution in [3.05, 3.63) is 51.1 Å². The number of carbonyl (C=O) groups is 2. The van der Waals surface area contributed by atoms with Gasteiger partial charge in [0, 0.05) is 10.0 Å². The van der Waals surface area contributed by atoms with Crippen LogP contribution in [0.4, 0.5) is 0 Å². The van der Waals surface area contributed by atoms with Gasteiger partial charge < -0.3 is 15.2 Å². The minimum absolute atomic E-state index is 0.0455. The van der Waals surface area contributed by atoms with E-state index in [-0.39, 0.29) is 30.2 Å². The molecule has 0 bridgehead atoms. The van der Waals surface area contributed by atoms with E-state index in [1.54, 1.807) is 31.2 Å². The lowest BCUT2D eigenvalue weighted by atomic mass is 9.99. The molecular formula is C16H14BrN5O4. The number of hydrogen-bond acceptors (Lipinski definition) is 6. The zero-order chi connectivity index (χ0) is 18.8. The Morgan fingerprint density at radius 1 is 1.35 bits per heavy atom. The standard InChI is InChI=1S/C16H14BrN5O4/c1-8-11(14(24)9-3-2-4-10(17)7-9)13(16(25)26)18-12(8)15-19-21-22(20-15)5-6-23/h2-4,7,18,23H,5-6H2,1H3,(H,25,26). The fourth-order valence-electron chi connectivity index (χ4n) is 2.56. The van der Waals surface area contributed by atoms with Crippen LogP contribution in [0.5, 0.6) is 0 Å². The van der Waals surface area contributed by atoms with Gasteiger partial charge in [-0.2, -0.15) is 4.80 Å². The van der Waals surface area contributed by atoms with Crippen molar-refractivity contribution in [1.29, 1.82) is 0 Å². The fourth-order valence-corrected chi connectivity index (χ4v) is 2.96. The zero-order valence-electron chi connectivity index (χ0n) is 13.6. The largest absolute Gasteiger partial charge is 0.477 e. The first-order chi connectivity index (χ1) is 12.4. The second-order valence-electron chi connectivity index (χ2n) is 5.45. The van der Waals surface area contributed by atoms with E-state index in [4.69, 9.17) is 5.11 Å². The quantitative estimate of drug-likeness (QED) is 0.517. The van der Waals surface area contributed by atoms with Crippen LogP contribution in [0.15, 0.2) is 28.7 Å². The van der Waals surface area contributed by atoms with E-state index in [1.165, 1.54) is 4.80 Å². The minimum Gasteiger partial charge on any atom is -0.477 e. The Labute approximate surface area is 155 Å². The van der Waals surface area contributed by atoms with E-state index in [0.717, 1.165) is 0 Å². The van der Waals surface area contributed by atoms with Crippen molar-refractivity contribution >= 4 is 27.7 Å².